The molecule has 0 heterocycles. The minimum atomic E-state index is -4.58. The van der Waals surface area contributed by atoms with Crippen LogP contribution in [-0.2, 0) is 32.7 Å². The van der Waals surface area contributed by atoms with Crippen LogP contribution in [-0.4, -0.2) is 70.0 Å². The Kier molecular flexibility index (Phi) is 27.8. The number of rotatable bonds is 30. The van der Waals surface area contributed by atoms with E-state index >= 15 is 0 Å². The highest BCUT2D eigenvalue weighted by Gasteiger charge is 2.21. The fraction of sp³-hybridized carbons (Fsp3) is 0.722. The summed E-state index contributed by atoms with van der Waals surface area (Å²) in [5, 5.41) is 0. The molecule has 0 saturated carbocycles. The van der Waals surface area contributed by atoms with Gasteiger partial charge in [0, 0.05) is 13.3 Å². The molecule has 0 bridgehead atoms. The number of unbranched alkanes of at least 4 members (excludes halogenated alkanes) is 10. The first kappa shape index (κ1) is 44.0. The Labute approximate surface area is 280 Å². The Balaban J connectivity index is 3.87. The van der Waals surface area contributed by atoms with E-state index in [0.717, 1.165) is 51.4 Å². The van der Waals surface area contributed by atoms with Crippen LogP contribution in [0.5, 0.6) is 0 Å². The molecule has 0 radical (unpaired) electrons. The maximum absolute atomic E-state index is 12.3. The number of carbonyl (C=O) groups is 2. The number of nitrogens with zero attached hydrogens (tertiary/aromatic N) is 1. The van der Waals surface area contributed by atoms with Crippen molar-refractivity contribution >= 4 is 19.8 Å². The minimum Gasteiger partial charge on any atom is -0.756 e. The lowest BCUT2D eigenvalue weighted by molar-refractivity contribution is -0.870. The molecule has 0 amide bonds. The molecular formula is C36H64NO8P. The van der Waals surface area contributed by atoms with Gasteiger partial charge in [-0.2, -0.15) is 0 Å². The molecule has 0 aliphatic carbocycles. The molecule has 46 heavy (non-hydrogen) atoms. The first-order chi connectivity index (χ1) is 21.9. The van der Waals surface area contributed by atoms with Crippen LogP contribution < -0.4 is 4.89 Å². The smallest absolute Gasteiger partial charge is 0.306 e. The van der Waals surface area contributed by atoms with Gasteiger partial charge >= 0.3 is 11.9 Å². The van der Waals surface area contributed by atoms with Crippen molar-refractivity contribution in [2.24, 2.45) is 0 Å². The lowest BCUT2D eigenvalue weighted by Gasteiger charge is -2.28. The fourth-order valence-corrected chi connectivity index (χ4v) is 4.98. The van der Waals surface area contributed by atoms with Crippen molar-refractivity contribution in [3.05, 3.63) is 48.6 Å². The summed E-state index contributed by atoms with van der Waals surface area (Å²) in [6, 6.07) is 0. The predicted octanol–water partition coefficient (Wildman–Crippen LogP) is 8.16. The molecule has 0 aromatic rings. The number of esters is 2. The van der Waals surface area contributed by atoms with Crippen molar-refractivity contribution in [1.29, 1.82) is 0 Å². The lowest BCUT2D eigenvalue weighted by atomic mass is 10.0. The normalized spacial score (nSPS) is 14.5. The molecule has 9 nitrogen and oxygen atoms in total. The van der Waals surface area contributed by atoms with E-state index < -0.39 is 32.5 Å². The average molecular weight is 670 g/mol. The topological polar surface area (TPSA) is 111 Å². The Hall–Kier alpha value is -2.03. The SMILES string of the molecule is CC/C=C\C/C=C\C/C=C\C/C=C\CCCCCCCCCCCCC(=O)OC(COC(C)=O)COP(=O)([O-])OCC[N+](C)(C)C. The monoisotopic (exact) mass is 669 g/mol. The second-order valence-electron chi connectivity index (χ2n) is 12.6. The zero-order valence-corrected chi connectivity index (χ0v) is 30.4. The zero-order valence-electron chi connectivity index (χ0n) is 29.5. The third-order valence-electron chi connectivity index (χ3n) is 6.92. The van der Waals surface area contributed by atoms with Gasteiger partial charge in [-0.05, 0) is 44.9 Å². The van der Waals surface area contributed by atoms with E-state index in [1.165, 1.54) is 45.4 Å². The van der Waals surface area contributed by atoms with Crippen LogP contribution in [0.2, 0.25) is 0 Å². The number of phosphoric ester groups is 1. The van der Waals surface area contributed by atoms with Gasteiger partial charge in [0.2, 0.25) is 0 Å². The maximum atomic E-state index is 12.3. The molecule has 10 heteroatoms. The van der Waals surface area contributed by atoms with Gasteiger partial charge in [0.1, 0.15) is 19.8 Å². The van der Waals surface area contributed by atoms with Crippen LogP contribution in [0.4, 0.5) is 0 Å². The average Bonchev–Trinajstić information content (AvgIpc) is 2.98. The molecule has 0 fully saturated rings. The third kappa shape index (κ3) is 33.3. The van der Waals surface area contributed by atoms with E-state index in [9.17, 15) is 19.0 Å². The largest absolute Gasteiger partial charge is 0.756 e. The molecule has 266 valence electrons. The van der Waals surface area contributed by atoms with Crippen molar-refractivity contribution in [2.45, 2.75) is 123 Å². The van der Waals surface area contributed by atoms with Gasteiger partial charge in [-0.1, -0.05) is 107 Å². The van der Waals surface area contributed by atoms with E-state index in [-0.39, 0.29) is 19.6 Å². The van der Waals surface area contributed by atoms with Crippen molar-refractivity contribution < 1.29 is 42.1 Å². The second kappa shape index (κ2) is 29.1. The zero-order chi connectivity index (χ0) is 34.4. The fourth-order valence-electron chi connectivity index (χ4n) is 4.25. The van der Waals surface area contributed by atoms with Crippen LogP contribution in [0.1, 0.15) is 117 Å². The van der Waals surface area contributed by atoms with Crippen molar-refractivity contribution in [1.82, 2.24) is 0 Å². The summed E-state index contributed by atoms with van der Waals surface area (Å²) in [5.41, 5.74) is 0. The van der Waals surface area contributed by atoms with E-state index in [1.807, 2.05) is 21.1 Å². The first-order valence-corrected chi connectivity index (χ1v) is 18.7. The van der Waals surface area contributed by atoms with Gasteiger partial charge in [-0.15, -0.1) is 0 Å². The van der Waals surface area contributed by atoms with Gasteiger partial charge in [0.15, 0.2) is 6.10 Å². The van der Waals surface area contributed by atoms with E-state index in [2.05, 4.69) is 55.5 Å². The number of quaternary nitrogens is 1. The molecular weight excluding hydrogens is 605 g/mol. The van der Waals surface area contributed by atoms with Crippen molar-refractivity contribution in [2.75, 3.05) is 47.5 Å². The number of carbonyl (C=O) groups excluding carboxylic acids is 2. The van der Waals surface area contributed by atoms with Crippen LogP contribution in [0.3, 0.4) is 0 Å². The highest BCUT2D eigenvalue weighted by molar-refractivity contribution is 7.45. The summed E-state index contributed by atoms with van der Waals surface area (Å²) >= 11 is 0. The second-order valence-corrected chi connectivity index (χ2v) is 14.0. The van der Waals surface area contributed by atoms with Gasteiger partial charge in [0.25, 0.3) is 7.82 Å². The number of hydrogen-bond acceptors (Lipinski definition) is 8. The van der Waals surface area contributed by atoms with Gasteiger partial charge in [-0.25, -0.2) is 0 Å². The highest BCUT2D eigenvalue weighted by Crippen LogP contribution is 2.38. The predicted molar refractivity (Wildman–Crippen MR) is 185 cm³/mol. The van der Waals surface area contributed by atoms with E-state index in [4.69, 9.17) is 18.5 Å². The standard InChI is InChI=1S/C36H64NO8P/c1-6-7-8-9-10-11-12-13-14-15-16-17-18-19-20-21-22-23-24-25-26-27-28-29-36(39)45-35(32-42-34(2)38)33-44-46(40,41)43-31-30-37(3,4)5/h7-8,10-11,13-14,16-17,35H,6,9,12,15,18-33H2,1-5H3/b8-7-,11-10-,14-13-,17-16-. The highest BCUT2D eigenvalue weighted by atomic mass is 31.2. The maximum Gasteiger partial charge on any atom is 0.306 e. The first-order valence-electron chi connectivity index (χ1n) is 17.3. The summed E-state index contributed by atoms with van der Waals surface area (Å²) in [4.78, 5) is 35.6. The molecule has 0 saturated heterocycles. The summed E-state index contributed by atoms with van der Waals surface area (Å²) in [7, 11) is 1.14. The van der Waals surface area contributed by atoms with Crippen molar-refractivity contribution in [3.8, 4) is 0 Å². The summed E-state index contributed by atoms with van der Waals surface area (Å²) in [6.45, 7) is 3.04. The molecule has 0 N–H and O–H groups in total. The minimum absolute atomic E-state index is 0.0358. The third-order valence-corrected chi connectivity index (χ3v) is 7.89. The number of likely N-dealkylation sites (N-methyl/N-ethyl adjacent to an activating group) is 1. The number of allylic oxidation sites excluding steroid dienone is 8. The molecule has 0 aliphatic heterocycles. The van der Waals surface area contributed by atoms with Crippen LogP contribution in [0.25, 0.3) is 0 Å². The Morgan fingerprint density at radius 2 is 1.22 bits per heavy atom. The molecule has 0 aromatic carbocycles. The van der Waals surface area contributed by atoms with E-state index in [1.54, 1.807) is 0 Å². The number of hydrogen-bond donors (Lipinski definition) is 0. The van der Waals surface area contributed by atoms with Gasteiger partial charge in [0.05, 0.1) is 27.7 Å². The van der Waals surface area contributed by atoms with E-state index in [0.29, 0.717) is 17.4 Å². The molecule has 0 aromatic heterocycles. The Morgan fingerprint density at radius 1 is 0.717 bits per heavy atom. The molecule has 0 rings (SSSR count). The van der Waals surface area contributed by atoms with Crippen LogP contribution in [0.15, 0.2) is 48.6 Å². The molecule has 0 aliphatic rings. The lowest BCUT2D eigenvalue weighted by Crippen LogP contribution is -2.37. The summed E-state index contributed by atoms with van der Waals surface area (Å²) in [6.07, 6.45) is 33.7. The molecule has 0 spiro atoms. The quantitative estimate of drug-likeness (QED) is 0.0248. The Morgan fingerprint density at radius 3 is 1.74 bits per heavy atom. The van der Waals surface area contributed by atoms with Crippen LogP contribution >= 0.6 is 7.82 Å². The Bertz CT molecular complexity index is 939. The number of ether oxygens (including phenoxy) is 2. The van der Waals surface area contributed by atoms with Gasteiger partial charge in [-0.3, -0.25) is 14.2 Å². The van der Waals surface area contributed by atoms with Gasteiger partial charge < -0.3 is 27.9 Å². The summed E-state index contributed by atoms with van der Waals surface area (Å²) < 4.78 is 32.6. The van der Waals surface area contributed by atoms with Crippen LogP contribution in [0, 0.1) is 0 Å². The number of phosphoric acid groups is 1. The molecule has 2 unspecified atom stereocenters. The van der Waals surface area contributed by atoms with Crippen molar-refractivity contribution in [3.63, 3.8) is 0 Å². The molecule has 2 atom stereocenters. The summed E-state index contributed by atoms with van der Waals surface area (Å²) in [5.74, 6) is -1.04.